The smallest absolute Gasteiger partial charge is 0.256 e. The van der Waals surface area contributed by atoms with E-state index in [0.717, 1.165) is 16.6 Å². The Kier molecular flexibility index (Phi) is 5.74. The number of nitrogens with zero attached hydrogens (tertiary/aromatic N) is 4. The molecule has 0 fully saturated rings. The molecule has 6 rings (SSSR count). The van der Waals surface area contributed by atoms with Gasteiger partial charge >= 0.3 is 0 Å². The van der Waals surface area contributed by atoms with Crippen molar-refractivity contribution in [2.24, 2.45) is 0 Å². The molecule has 10 heteroatoms. The monoisotopic (exact) mass is 503 g/mol. The number of ether oxygens (including phenoxy) is 1. The van der Waals surface area contributed by atoms with Crippen LogP contribution >= 0.6 is 0 Å². The van der Waals surface area contributed by atoms with Crippen LogP contribution < -0.4 is 10.1 Å². The summed E-state index contributed by atoms with van der Waals surface area (Å²) in [6, 6.07) is 21.3. The molecule has 0 atom stereocenters. The van der Waals surface area contributed by atoms with Gasteiger partial charge in [-0.2, -0.15) is 5.10 Å². The van der Waals surface area contributed by atoms with E-state index in [4.69, 9.17) is 4.74 Å². The number of H-pyrrole nitrogens is 2. The van der Waals surface area contributed by atoms with E-state index in [1.165, 1.54) is 0 Å². The Morgan fingerprint density at radius 3 is 2.66 bits per heavy atom. The van der Waals surface area contributed by atoms with Crippen LogP contribution in [0.4, 0.5) is 5.82 Å². The van der Waals surface area contributed by atoms with Gasteiger partial charge in [-0.05, 0) is 60.2 Å². The maximum atomic E-state index is 12.9. The Bertz CT molecular complexity index is 1780. The van der Waals surface area contributed by atoms with Crippen LogP contribution in [0, 0.1) is 0 Å². The maximum absolute atomic E-state index is 12.9. The van der Waals surface area contributed by atoms with Gasteiger partial charge in [0.1, 0.15) is 23.1 Å². The van der Waals surface area contributed by atoms with Crippen molar-refractivity contribution >= 4 is 22.8 Å². The number of phenols is 1. The number of amides is 1. The Morgan fingerprint density at radius 2 is 1.82 bits per heavy atom. The summed E-state index contributed by atoms with van der Waals surface area (Å²) in [7, 11) is 1.56. The van der Waals surface area contributed by atoms with Gasteiger partial charge in [-0.25, -0.2) is 9.97 Å². The minimum absolute atomic E-state index is 0.0663. The minimum Gasteiger partial charge on any atom is -0.507 e. The zero-order valence-corrected chi connectivity index (χ0v) is 20.1. The number of aromatic amines is 2. The Morgan fingerprint density at radius 1 is 0.921 bits per heavy atom. The van der Waals surface area contributed by atoms with E-state index in [1.807, 2.05) is 36.4 Å². The van der Waals surface area contributed by atoms with Crippen LogP contribution in [0.5, 0.6) is 11.6 Å². The van der Waals surface area contributed by atoms with Crippen LogP contribution in [0.2, 0.25) is 0 Å². The lowest BCUT2D eigenvalue weighted by Gasteiger charge is -2.09. The number of benzene rings is 2. The summed E-state index contributed by atoms with van der Waals surface area (Å²) >= 11 is 0. The number of methoxy groups -OCH3 is 1. The van der Waals surface area contributed by atoms with Gasteiger partial charge in [-0.1, -0.05) is 12.1 Å². The van der Waals surface area contributed by atoms with Crippen molar-refractivity contribution in [3.63, 3.8) is 0 Å². The third kappa shape index (κ3) is 4.30. The second kappa shape index (κ2) is 9.51. The van der Waals surface area contributed by atoms with Gasteiger partial charge in [0, 0.05) is 29.6 Å². The van der Waals surface area contributed by atoms with Crippen molar-refractivity contribution in [2.75, 3.05) is 12.4 Å². The SMILES string of the molecule is COc1ncccc1-c1ccc(O)c(-c2nc3cc(C(=O)Nc4cc(-c5ccccn5)n[nH]4)ccc3[nH]2)c1. The van der Waals surface area contributed by atoms with Crippen LogP contribution in [-0.2, 0) is 0 Å². The summed E-state index contributed by atoms with van der Waals surface area (Å²) < 4.78 is 5.38. The molecule has 186 valence electrons. The first-order valence-corrected chi connectivity index (χ1v) is 11.7. The summed E-state index contributed by atoms with van der Waals surface area (Å²) in [5.41, 5.74) is 5.15. The van der Waals surface area contributed by atoms with E-state index in [-0.39, 0.29) is 11.7 Å². The Hall–Kier alpha value is -5.51. The molecule has 4 N–H and O–H groups in total. The number of carbonyl (C=O) groups is 1. The highest BCUT2D eigenvalue weighted by Crippen LogP contribution is 2.35. The molecular weight excluding hydrogens is 482 g/mol. The molecular formula is C28H21N7O3. The molecule has 0 saturated carbocycles. The van der Waals surface area contributed by atoms with E-state index in [1.54, 1.807) is 55.9 Å². The molecule has 0 aliphatic heterocycles. The second-order valence-corrected chi connectivity index (χ2v) is 8.45. The van der Waals surface area contributed by atoms with Gasteiger partial charge in [0.2, 0.25) is 5.88 Å². The van der Waals surface area contributed by atoms with Crippen LogP contribution in [0.1, 0.15) is 10.4 Å². The lowest BCUT2D eigenvalue weighted by molar-refractivity contribution is 0.102. The number of pyridine rings is 2. The van der Waals surface area contributed by atoms with Crippen molar-refractivity contribution in [3.05, 3.63) is 90.8 Å². The largest absolute Gasteiger partial charge is 0.507 e. The molecule has 0 radical (unpaired) electrons. The van der Waals surface area contributed by atoms with Crippen molar-refractivity contribution in [2.45, 2.75) is 0 Å². The molecule has 0 saturated heterocycles. The van der Waals surface area contributed by atoms with E-state index >= 15 is 0 Å². The molecule has 6 aromatic rings. The molecule has 10 nitrogen and oxygen atoms in total. The summed E-state index contributed by atoms with van der Waals surface area (Å²) in [5.74, 6) is 1.14. The Labute approximate surface area is 216 Å². The normalized spacial score (nSPS) is 11.0. The molecule has 0 bridgehead atoms. The van der Waals surface area contributed by atoms with Crippen molar-refractivity contribution in [3.8, 4) is 45.5 Å². The van der Waals surface area contributed by atoms with Crippen molar-refractivity contribution in [1.82, 2.24) is 30.1 Å². The van der Waals surface area contributed by atoms with Crippen LogP contribution in [0.3, 0.4) is 0 Å². The van der Waals surface area contributed by atoms with Gasteiger partial charge < -0.3 is 20.1 Å². The summed E-state index contributed by atoms with van der Waals surface area (Å²) in [6.07, 6.45) is 3.34. The molecule has 38 heavy (non-hydrogen) atoms. The highest BCUT2D eigenvalue weighted by Gasteiger charge is 2.16. The Balaban J connectivity index is 1.27. The number of aromatic hydroxyl groups is 1. The van der Waals surface area contributed by atoms with Gasteiger partial charge in [0.05, 0.1) is 29.4 Å². The quantitative estimate of drug-likeness (QED) is 0.249. The van der Waals surface area contributed by atoms with E-state index in [9.17, 15) is 9.90 Å². The molecule has 0 aliphatic rings. The molecule has 2 aromatic carbocycles. The average Bonchev–Trinajstić information content (AvgIpc) is 3.60. The van der Waals surface area contributed by atoms with Gasteiger partial charge in [0.15, 0.2) is 0 Å². The van der Waals surface area contributed by atoms with E-state index < -0.39 is 0 Å². The fraction of sp³-hybridized carbons (Fsp3) is 0.0357. The number of hydrogen-bond donors (Lipinski definition) is 4. The van der Waals surface area contributed by atoms with Crippen molar-refractivity contribution < 1.29 is 14.6 Å². The number of imidazole rings is 1. The molecule has 4 aromatic heterocycles. The lowest BCUT2D eigenvalue weighted by Crippen LogP contribution is -2.12. The van der Waals surface area contributed by atoms with Gasteiger partial charge in [-0.3, -0.25) is 14.9 Å². The molecule has 4 heterocycles. The fourth-order valence-corrected chi connectivity index (χ4v) is 4.17. The topological polar surface area (TPSA) is 142 Å². The van der Waals surface area contributed by atoms with E-state index in [0.29, 0.717) is 45.6 Å². The second-order valence-electron chi connectivity index (χ2n) is 8.45. The minimum atomic E-state index is -0.318. The highest BCUT2D eigenvalue weighted by atomic mass is 16.5. The predicted octanol–water partition coefficient (Wildman–Crippen LogP) is 5.04. The number of fused-ring (bicyclic) bond motifs is 1. The number of rotatable bonds is 6. The predicted molar refractivity (Wildman–Crippen MR) is 143 cm³/mol. The molecule has 0 unspecified atom stereocenters. The average molecular weight is 504 g/mol. The first-order valence-electron chi connectivity index (χ1n) is 11.7. The van der Waals surface area contributed by atoms with E-state index in [2.05, 4.69) is 35.5 Å². The summed E-state index contributed by atoms with van der Waals surface area (Å²) in [5, 5.41) is 20.4. The molecule has 0 spiro atoms. The lowest BCUT2D eigenvalue weighted by atomic mass is 10.0. The highest BCUT2D eigenvalue weighted by molar-refractivity contribution is 6.05. The van der Waals surface area contributed by atoms with Gasteiger partial charge in [-0.15, -0.1) is 0 Å². The van der Waals surface area contributed by atoms with Gasteiger partial charge in [0.25, 0.3) is 5.91 Å². The maximum Gasteiger partial charge on any atom is 0.256 e. The first-order chi connectivity index (χ1) is 18.6. The zero-order valence-electron chi connectivity index (χ0n) is 20.1. The van der Waals surface area contributed by atoms with Crippen LogP contribution in [0.25, 0.3) is 44.9 Å². The van der Waals surface area contributed by atoms with Crippen LogP contribution in [0.15, 0.2) is 85.2 Å². The third-order valence-corrected chi connectivity index (χ3v) is 6.03. The zero-order chi connectivity index (χ0) is 26.1. The number of phenolic OH excluding ortho intramolecular Hbond substituents is 1. The van der Waals surface area contributed by atoms with Crippen LogP contribution in [-0.4, -0.2) is 48.3 Å². The number of carbonyl (C=O) groups excluding carboxylic acids is 1. The summed E-state index contributed by atoms with van der Waals surface area (Å²) in [4.78, 5) is 29.3. The standard InChI is InChI=1S/C28H21N7O3/c1-38-28-18(5-4-12-30-28)16-8-10-24(36)19(13-16)26-31-21-9-7-17(14-22(21)32-26)27(37)33-25-15-23(34-35-25)20-6-2-3-11-29-20/h2-15,36H,1H3,(H,31,32)(H2,33,34,35,37). The number of hydrogen-bond acceptors (Lipinski definition) is 7. The fourth-order valence-electron chi connectivity index (χ4n) is 4.17. The number of anilines is 1. The third-order valence-electron chi connectivity index (χ3n) is 6.03. The molecule has 1 amide bonds. The number of aromatic nitrogens is 6. The van der Waals surface area contributed by atoms with Crippen molar-refractivity contribution in [1.29, 1.82) is 0 Å². The molecule has 0 aliphatic carbocycles. The summed E-state index contributed by atoms with van der Waals surface area (Å²) in [6.45, 7) is 0. The first kappa shape index (κ1) is 22.9. The number of nitrogens with one attached hydrogen (secondary N) is 3.